The Morgan fingerprint density at radius 2 is 1.67 bits per heavy atom. The number of nitrogens with zero attached hydrogens (tertiary/aromatic N) is 1. The lowest BCUT2D eigenvalue weighted by molar-refractivity contribution is -0.143. The zero-order chi connectivity index (χ0) is 18.6. The number of carbonyl (C=O) groups is 1. The number of benzene rings is 2. The molecule has 4 rings (SSSR count). The molecule has 1 atom stereocenters. The fourth-order valence-electron chi connectivity index (χ4n) is 4.49. The zero-order valence-electron chi connectivity index (χ0n) is 15.7. The van der Waals surface area contributed by atoms with Crippen molar-refractivity contribution in [2.24, 2.45) is 5.92 Å². The first-order valence-electron chi connectivity index (χ1n) is 10.0. The van der Waals surface area contributed by atoms with Crippen molar-refractivity contribution in [3.8, 4) is 0 Å². The Morgan fingerprint density at radius 3 is 2.30 bits per heavy atom. The number of rotatable bonds is 4. The normalized spacial score (nSPS) is 19.7. The number of fused-ring (bicyclic) bond motifs is 2. The first kappa shape index (κ1) is 18.0. The highest BCUT2D eigenvalue weighted by Crippen LogP contribution is 2.33. The minimum Gasteiger partial charge on any atom is -0.481 e. The monoisotopic (exact) mass is 361 g/mol. The highest BCUT2D eigenvalue weighted by molar-refractivity contribution is 5.83. The lowest BCUT2D eigenvalue weighted by Crippen LogP contribution is -2.39. The van der Waals surface area contributed by atoms with Gasteiger partial charge in [0.1, 0.15) is 0 Å². The molecule has 1 N–H and O–H groups in total. The van der Waals surface area contributed by atoms with Gasteiger partial charge in [0.05, 0.1) is 5.92 Å². The molecule has 3 nitrogen and oxygen atoms in total. The molecule has 3 heteroatoms. The molecule has 0 unspecified atom stereocenters. The quantitative estimate of drug-likeness (QED) is 0.877. The summed E-state index contributed by atoms with van der Waals surface area (Å²) in [5.74, 6) is -0.851. The van der Waals surface area contributed by atoms with Crippen molar-refractivity contribution in [3.63, 3.8) is 0 Å². The molecule has 0 aromatic heterocycles. The van der Waals surface area contributed by atoms with Crippen LogP contribution in [0.15, 0.2) is 54.6 Å². The molecule has 1 aliphatic heterocycles. The van der Waals surface area contributed by atoms with Gasteiger partial charge in [-0.3, -0.25) is 4.79 Å². The summed E-state index contributed by atoms with van der Waals surface area (Å²) in [6.45, 7) is 2.63. The van der Waals surface area contributed by atoms with Gasteiger partial charge < -0.3 is 10.0 Å². The van der Waals surface area contributed by atoms with Gasteiger partial charge in [0.25, 0.3) is 0 Å². The third kappa shape index (κ3) is 3.98. The van der Waals surface area contributed by atoms with Crippen LogP contribution in [0.2, 0.25) is 0 Å². The van der Waals surface area contributed by atoms with E-state index < -0.39 is 5.97 Å². The second-order valence-electron chi connectivity index (χ2n) is 7.70. The van der Waals surface area contributed by atoms with Crippen molar-refractivity contribution < 1.29 is 9.90 Å². The second-order valence-corrected chi connectivity index (χ2v) is 7.70. The van der Waals surface area contributed by atoms with Gasteiger partial charge >= 0.3 is 5.97 Å². The molecule has 2 aromatic rings. The van der Waals surface area contributed by atoms with Crippen molar-refractivity contribution in [2.45, 2.75) is 32.1 Å². The predicted octanol–water partition coefficient (Wildman–Crippen LogP) is 4.40. The third-order valence-corrected chi connectivity index (χ3v) is 5.93. The van der Waals surface area contributed by atoms with Crippen LogP contribution in [0.4, 0.5) is 0 Å². The molecule has 140 valence electrons. The minimum atomic E-state index is -0.648. The Kier molecular flexibility index (Phi) is 5.40. The summed E-state index contributed by atoms with van der Waals surface area (Å²) in [5, 5.41) is 9.30. The molecule has 1 fully saturated rings. The van der Waals surface area contributed by atoms with Crippen LogP contribution < -0.4 is 0 Å². The molecule has 1 saturated heterocycles. The Balaban J connectivity index is 1.56. The summed E-state index contributed by atoms with van der Waals surface area (Å²) < 4.78 is 0. The second kappa shape index (κ2) is 8.10. The van der Waals surface area contributed by atoms with Crippen LogP contribution in [0, 0.1) is 5.92 Å². The largest absolute Gasteiger partial charge is 0.481 e. The Morgan fingerprint density at radius 1 is 1.04 bits per heavy atom. The van der Waals surface area contributed by atoms with Gasteiger partial charge in [0.15, 0.2) is 0 Å². The highest BCUT2D eigenvalue weighted by atomic mass is 16.4. The van der Waals surface area contributed by atoms with E-state index in [2.05, 4.69) is 59.5 Å². The summed E-state index contributed by atoms with van der Waals surface area (Å²) in [7, 11) is 0. The van der Waals surface area contributed by atoms with Gasteiger partial charge in [0.2, 0.25) is 0 Å². The predicted molar refractivity (Wildman–Crippen MR) is 109 cm³/mol. The van der Waals surface area contributed by atoms with Crippen LogP contribution in [0.5, 0.6) is 0 Å². The molecular formula is C24H27NO2. The number of likely N-dealkylation sites (tertiary alicyclic amines) is 1. The van der Waals surface area contributed by atoms with Crippen molar-refractivity contribution in [2.75, 3.05) is 19.6 Å². The van der Waals surface area contributed by atoms with Crippen LogP contribution in [-0.2, 0) is 17.6 Å². The standard InChI is InChI=1S/C24H27NO2/c26-24(27)20-9-5-15-25(17-20)16-6-12-23-21-10-3-1-7-18(21)13-14-19-8-2-4-11-22(19)23/h1-4,7-8,10-12,20H,5-6,9,13-17H2,(H,26,27)/t20-/m0/s1. The number of carboxylic acids is 1. The average molecular weight is 361 g/mol. The van der Waals surface area contributed by atoms with E-state index in [0.29, 0.717) is 6.54 Å². The van der Waals surface area contributed by atoms with E-state index in [0.717, 1.165) is 45.2 Å². The van der Waals surface area contributed by atoms with Crippen molar-refractivity contribution >= 4 is 11.5 Å². The summed E-state index contributed by atoms with van der Waals surface area (Å²) in [5.41, 5.74) is 6.88. The Hall–Kier alpha value is -2.39. The zero-order valence-corrected chi connectivity index (χ0v) is 15.7. The first-order valence-corrected chi connectivity index (χ1v) is 10.0. The van der Waals surface area contributed by atoms with Gasteiger partial charge in [-0.05, 0) is 66.5 Å². The number of aryl methyl sites for hydroxylation is 2. The van der Waals surface area contributed by atoms with Crippen LogP contribution in [0.1, 0.15) is 41.5 Å². The van der Waals surface area contributed by atoms with E-state index in [-0.39, 0.29) is 5.92 Å². The van der Waals surface area contributed by atoms with E-state index in [4.69, 9.17) is 0 Å². The van der Waals surface area contributed by atoms with E-state index >= 15 is 0 Å². The maximum atomic E-state index is 11.3. The number of carboxylic acid groups (broad SMARTS) is 1. The average Bonchev–Trinajstić information content (AvgIpc) is 2.86. The number of hydrogen-bond donors (Lipinski definition) is 1. The lowest BCUT2D eigenvalue weighted by Gasteiger charge is -2.30. The van der Waals surface area contributed by atoms with Crippen LogP contribution in [-0.4, -0.2) is 35.6 Å². The molecule has 0 saturated carbocycles. The molecule has 0 bridgehead atoms. The Labute approximate surface area is 161 Å². The fraction of sp³-hybridized carbons (Fsp3) is 0.375. The highest BCUT2D eigenvalue weighted by Gasteiger charge is 2.25. The topological polar surface area (TPSA) is 40.5 Å². The minimum absolute atomic E-state index is 0.203. The number of piperidine rings is 1. The first-order chi connectivity index (χ1) is 13.2. The van der Waals surface area contributed by atoms with Gasteiger partial charge in [-0.25, -0.2) is 0 Å². The van der Waals surface area contributed by atoms with Gasteiger partial charge in [-0.2, -0.15) is 0 Å². The summed E-state index contributed by atoms with van der Waals surface area (Å²) in [4.78, 5) is 13.6. The summed E-state index contributed by atoms with van der Waals surface area (Å²) in [6.07, 6.45) is 7.28. The van der Waals surface area contributed by atoms with E-state index in [1.807, 2.05) is 0 Å². The van der Waals surface area contributed by atoms with Crippen LogP contribution in [0.3, 0.4) is 0 Å². The summed E-state index contributed by atoms with van der Waals surface area (Å²) >= 11 is 0. The molecular weight excluding hydrogens is 334 g/mol. The molecule has 0 spiro atoms. The molecule has 0 radical (unpaired) electrons. The molecule has 27 heavy (non-hydrogen) atoms. The van der Waals surface area contributed by atoms with Gasteiger partial charge in [0, 0.05) is 13.1 Å². The van der Waals surface area contributed by atoms with Crippen molar-refractivity contribution in [1.29, 1.82) is 0 Å². The number of aliphatic carboxylic acids is 1. The fourth-order valence-corrected chi connectivity index (χ4v) is 4.49. The maximum absolute atomic E-state index is 11.3. The van der Waals surface area contributed by atoms with Crippen molar-refractivity contribution in [1.82, 2.24) is 4.90 Å². The van der Waals surface area contributed by atoms with Crippen LogP contribution in [0.25, 0.3) is 5.57 Å². The van der Waals surface area contributed by atoms with Gasteiger partial charge in [-0.1, -0.05) is 54.6 Å². The maximum Gasteiger partial charge on any atom is 0.307 e. The van der Waals surface area contributed by atoms with Gasteiger partial charge in [-0.15, -0.1) is 0 Å². The molecule has 1 heterocycles. The van der Waals surface area contributed by atoms with E-state index in [1.54, 1.807) is 0 Å². The lowest BCUT2D eigenvalue weighted by atomic mass is 9.93. The molecule has 0 amide bonds. The van der Waals surface area contributed by atoms with E-state index in [1.165, 1.54) is 27.8 Å². The smallest absolute Gasteiger partial charge is 0.307 e. The molecule has 2 aliphatic rings. The number of hydrogen-bond acceptors (Lipinski definition) is 2. The van der Waals surface area contributed by atoms with Crippen molar-refractivity contribution in [3.05, 3.63) is 76.9 Å². The molecule has 2 aromatic carbocycles. The molecule has 1 aliphatic carbocycles. The van der Waals surface area contributed by atoms with E-state index in [9.17, 15) is 9.90 Å². The summed E-state index contributed by atoms with van der Waals surface area (Å²) in [6, 6.07) is 17.5. The Bertz CT molecular complexity index is 805. The SMILES string of the molecule is O=C(O)[C@H]1CCCN(CCC=C2c3ccccc3CCc3ccccc32)C1. The van der Waals surface area contributed by atoms with Crippen LogP contribution >= 0.6 is 0 Å². The third-order valence-electron chi connectivity index (χ3n) is 5.93.